The maximum Gasteiger partial charge on any atom is 0.267 e. The van der Waals surface area contributed by atoms with E-state index in [2.05, 4.69) is 10.4 Å². The Labute approximate surface area is 195 Å². The van der Waals surface area contributed by atoms with Gasteiger partial charge in [0.15, 0.2) is 0 Å². The Kier molecular flexibility index (Phi) is 6.24. The van der Waals surface area contributed by atoms with E-state index in [0.29, 0.717) is 11.4 Å². The lowest BCUT2D eigenvalue weighted by Crippen LogP contribution is -2.29. The van der Waals surface area contributed by atoms with Gasteiger partial charge in [-0.15, -0.1) is 0 Å². The van der Waals surface area contributed by atoms with Crippen molar-refractivity contribution in [3.8, 4) is 11.3 Å². The number of fused-ring (bicyclic) bond motifs is 1. The van der Waals surface area contributed by atoms with Crippen LogP contribution >= 0.6 is 0 Å². The summed E-state index contributed by atoms with van der Waals surface area (Å²) in [7, 11) is -3.97. The third-order valence-electron chi connectivity index (χ3n) is 4.95. The Hall–Kier alpha value is -4.31. The molecule has 172 valence electrons. The number of carbonyl (C=O) groups is 2. The average molecular weight is 477 g/mol. The van der Waals surface area contributed by atoms with Crippen molar-refractivity contribution in [1.82, 2.24) is 14.5 Å². The molecule has 0 spiro atoms. The first-order valence-corrected chi connectivity index (χ1v) is 11.7. The number of carbonyl (C=O) groups excluding carboxylic acids is 2. The van der Waals surface area contributed by atoms with E-state index in [1.165, 1.54) is 30.3 Å². The fourth-order valence-corrected chi connectivity index (χ4v) is 4.45. The maximum absolute atomic E-state index is 12.5. The number of sulfonamides is 1. The fourth-order valence-electron chi connectivity index (χ4n) is 3.46. The number of hydrogen-bond acceptors (Lipinski definition) is 6. The van der Waals surface area contributed by atoms with Crippen LogP contribution in [0.15, 0.2) is 88.6 Å². The predicted molar refractivity (Wildman–Crippen MR) is 128 cm³/mol. The molecule has 2 N–H and O–H groups in total. The second kappa shape index (κ2) is 9.28. The molecule has 0 bridgehead atoms. The summed E-state index contributed by atoms with van der Waals surface area (Å²) in [5.41, 5.74) is 1.28. The minimum atomic E-state index is -3.97. The largest absolute Gasteiger partial charge is 0.324 e. The maximum atomic E-state index is 12.5. The van der Waals surface area contributed by atoms with Gasteiger partial charge in [-0.05, 0) is 41.1 Å². The van der Waals surface area contributed by atoms with E-state index < -0.39 is 27.4 Å². The Bertz CT molecular complexity index is 1560. The SMILES string of the molecule is CC(=O)NS(=O)(=O)c1ccc(NC(=O)Cn2nc(-c3cccc4ccccc34)ccc2=O)cc1. The van der Waals surface area contributed by atoms with Crippen LogP contribution in [0.25, 0.3) is 22.0 Å². The van der Waals surface area contributed by atoms with E-state index in [1.54, 1.807) is 6.07 Å². The van der Waals surface area contributed by atoms with E-state index >= 15 is 0 Å². The summed E-state index contributed by atoms with van der Waals surface area (Å²) in [6.07, 6.45) is 0. The number of hydrogen-bond donors (Lipinski definition) is 2. The zero-order valence-electron chi connectivity index (χ0n) is 18.1. The summed E-state index contributed by atoms with van der Waals surface area (Å²) >= 11 is 0. The van der Waals surface area contributed by atoms with E-state index in [4.69, 9.17) is 0 Å². The average Bonchev–Trinajstić information content (AvgIpc) is 2.80. The van der Waals surface area contributed by atoms with Crippen LogP contribution in [0.4, 0.5) is 5.69 Å². The zero-order valence-corrected chi connectivity index (χ0v) is 18.9. The van der Waals surface area contributed by atoms with Gasteiger partial charge in [0.2, 0.25) is 11.8 Å². The summed E-state index contributed by atoms with van der Waals surface area (Å²) in [4.78, 5) is 35.8. The number of rotatable bonds is 6. The molecule has 0 fully saturated rings. The summed E-state index contributed by atoms with van der Waals surface area (Å²) in [5, 5.41) is 8.98. The van der Waals surface area contributed by atoms with Gasteiger partial charge in [0.05, 0.1) is 10.6 Å². The summed E-state index contributed by atoms with van der Waals surface area (Å²) < 4.78 is 27.0. The third-order valence-corrected chi connectivity index (χ3v) is 6.40. The highest BCUT2D eigenvalue weighted by Crippen LogP contribution is 2.26. The second-order valence-electron chi connectivity index (χ2n) is 7.48. The number of amides is 2. The predicted octanol–water partition coefficient (Wildman–Crippen LogP) is 2.53. The molecule has 10 heteroatoms. The van der Waals surface area contributed by atoms with Crippen LogP contribution in [0.5, 0.6) is 0 Å². The number of nitrogens with zero attached hydrogens (tertiary/aromatic N) is 2. The molecule has 1 heterocycles. The van der Waals surface area contributed by atoms with Gasteiger partial charge in [-0.1, -0.05) is 42.5 Å². The topological polar surface area (TPSA) is 127 Å². The van der Waals surface area contributed by atoms with Crippen LogP contribution in [-0.4, -0.2) is 30.0 Å². The highest BCUT2D eigenvalue weighted by Gasteiger charge is 2.16. The lowest BCUT2D eigenvalue weighted by atomic mass is 10.0. The molecule has 0 unspecified atom stereocenters. The van der Waals surface area contributed by atoms with Crippen LogP contribution in [0, 0.1) is 0 Å². The molecular formula is C24H20N4O5S. The van der Waals surface area contributed by atoms with Crippen LogP contribution < -0.4 is 15.6 Å². The molecule has 0 saturated carbocycles. The zero-order chi connectivity index (χ0) is 24.3. The molecule has 0 aliphatic carbocycles. The molecular weight excluding hydrogens is 456 g/mol. The number of benzene rings is 3. The van der Waals surface area contributed by atoms with Crippen molar-refractivity contribution in [3.63, 3.8) is 0 Å². The van der Waals surface area contributed by atoms with E-state index in [0.717, 1.165) is 27.9 Å². The van der Waals surface area contributed by atoms with Gasteiger partial charge in [-0.2, -0.15) is 5.10 Å². The monoisotopic (exact) mass is 476 g/mol. The lowest BCUT2D eigenvalue weighted by Gasteiger charge is -2.10. The van der Waals surface area contributed by atoms with Crippen molar-refractivity contribution in [1.29, 1.82) is 0 Å². The summed E-state index contributed by atoms with van der Waals surface area (Å²) in [6, 6.07) is 21.8. The van der Waals surface area contributed by atoms with Crippen LogP contribution in [0.1, 0.15) is 6.92 Å². The first kappa shape index (κ1) is 22.9. The van der Waals surface area contributed by atoms with Crippen LogP contribution in [0.3, 0.4) is 0 Å². The quantitative estimate of drug-likeness (QED) is 0.440. The van der Waals surface area contributed by atoms with Crippen LogP contribution in [0.2, 0.25) is 0 Å². The summed E-state index contributed by atoms with van der Waals surface area (Å²) in [5.74, 6) is -1.22. The van der Waals surface area contributed by atoms with E-state index in [1.807, 2.05) is 47.2 Å². The van der Waals surface area contributed by atoms with Gasteiger partial charge in [-0.3, -0.25) is 14.4 Å². The standard InChI is InChI=1S/C24H20N4O5S/c1-16(29)27-34(32,33)19-11-9-18(10-12-19)25-23(30)15-28-24(31)14-13-22(26-28)21-8-4-6-17-5-2-3-7-20(17)21/h2-14H,15H2,1H3,(H,25,30)(H,27,29). The molecule has 0 aliphatic heterocycles. The Morgan fingerprint density at radius 1 is 0.912 bits per heavy atom. The molecule has 0 saturated heterocycles. The highest BCUT2D eigenvalue weighted by molar-refractivity contribution is 7.90. The molecule has 2 amide bonds. The molecule has 4 aromatic rings. The van der Waals surface area contributed by atoms with Gasteiger partial charge >= 0.3 is 0 Å². The van der Waals surface area contributed by atoms with Gasteiger partial charge in [0.25, 0.3) is 15.6 Å². The van der Waals surface area contributed by atoms with Gasteiger partial charge in [0, 0.05) is 24.2 Å². The van der Waals surface area contributed by atoms with Crippen LogP contribution in [-0.2, 0) is 26.2 Å². The minimum Gasteiger partial charge on any atom is -0.324 e. The molecule has 34 heavy (non-hydrogen) atoms. The number of aromatic nitrogens is 2. The fraction of sp³-hybridized carbons (Fsp3) is 0.0833. The molecule has 0 atom stereocenters. The molecule has 4 rings (SSSR count). The van der Waals surface area contributed by atoms with Crippen molar-refractivity contribution >= 4 is 38.3 Å². The van der Waals surface area contributed by atoms with Crippen molar-refractivity contribution < 1.29 is 18.0 Å². The van der Waals surface area contributed by atoms with Gasteiger partial charge in [0.1, 0.15) is 6.54 Å². The van der Waals surface area contributed by atoms with E-state index in [-0.39, 0.29) is 11.4 Å². The Balaban J connectivity index is 1.53. The van der Waals surface area contributed by atoms with Crippen molar-refractivity contribution in [2.24, 2.45) is 0 Å². The molecule has 0 radical (unpaired) electrons. The van der Waals surface area contributed by atoms with Crippen molar-refractivity contribution in [2.75, 3.05) is 5.32 Å². The molecule has 3 aromatic carbocycles. The van der Waals surface area contributed by atoms with Crippen molar-refractivity contribution in [3.05, 3.63) is 89.2 Å². The second-order valence-corrected chi connectivity index (χ2v) is 9.16. The first-order valence-electron chi connectivity index (χ1n) is 10.2. The highest BCUT2D eigenvalue weighted by atomic mass is 32.2. The molecule has 1 aromatic heterocycles. The van der Waals surface area contributed by atoms with Crippen molar-refractivity contribution in [2.45, 2.75) is 18.4 Å². The van der Waals surface area contributed by atoms with Gasteiger partial charge in [-0.25, -0.2) is 17.8 Å². The Morgan fingerprint density at radius 2 is 1.62 bits per heavy atom. The third kappa shape index (κ3) is 5.02. The Morgan fingerprint density at radius 3 is 2.35 bits per heavy atom. The first-order chi connectivity index (χ1) is 16.2. The summed E-state index contributed by atoms with van der Waals surface area (Å²) in [6.45, 7) is 0.765. The molecule has 0 aliphatic rings. The van der Waals surface area contributed by atoms with E-state index in [9.17, 15) is 22.8 Å². The molecule has 9 nitrogen and oxygen atoms in total. The van der Waals surface area contributed by atoms with Gasteiger partial charge < -0.3 is 5.32 Å². The lowest BCUT2D eigenvalue weighted by molar-refractivity contribution is -0.118. The minimum absolute atomic E-state index is 0.124. The normalized spacial score (nSPS) is 11.2. The smallest absolute Gasteiger partial charge is 0.267 e. The number of anilines is 1. The number of nitrogens with one attached hydrogen (secondary N) is 2.